The van der Waals surface area contributed by atoms with Gasteiger partial charge in [0.25, 0.3) is 5.91 Å². The first-order chi connectivity index (χ1) is 11.2. The number of benzene rings is 2. The van der Waals surface area contributed by atoms with Gasteiger partial charge in [-0.1, -0.05) is 23.7 Å². The van der Waals surface area contributed by atoms with Crippen LogP contribution in [0.15, 0.2) is 48.5 Å². The lowest BCUT2D eigenvalue weighted by molar-refractivity contribution is 0.0730. The predicted molar refractivity (Wildman–Crippen MR) is 90.6 cm³/mol. The van der Waals surface area contributed by atoms with Crippen LogP contribution in [0.5, 0.6) is 0 Å². The van der Waals surface area contributed by atoms with Gasteiger partial charge in [-0.05, 0) is 49.2 Å². The molecule has 1 fully saturated rings. The minimum absolute atomic E-state index is 0.00516. The fourth-order valence-corrected chi connectivity index (χ4v) is 3.31. The molecule has 1 saturated heterocycles. The van der Waals surface area contributed by atoms with E-state index in [1.54, 1.807) is 24.3 Å². The van der Waals surface area contributed by atoms with Crippen molar-refractivity contribution in [2.24, 2.45) is 0 Å². The summed E-state index contributed by atoms with van der Waals surface area (Å²) in [5.41, 5.74) is 2.61. The molecule has 4 nitrogen and oxygen atoms in total. The standard InChI is InChI=1S/C18H16ClN3O/c19-13-9-7-12(8-10-13)18(23)22-11-3-6-16(22)17-20-14-4-1-2-5-15(14)21-17/h1-2,4-5,7-10,16H,3,6,11H2,(H,20,21). The molecule has 23 heavy (non-hydrogen) atoms. The van der Waals surface area contributed by atoms with Crippen LogP contribution >= 0.6 is 11.6 Å². The highest BCUT2D eigenvalue weighted by atomic mass is 35.5. The van der Waals surface area contributed by atoms with Crippen molar-refractivity contribution >= 4 is 28.5 Å². The number of carbonyl (C=O) groups excluding carboxylic acids is 1. The first kappa shape index (κ1) is 14.3. The summed E-state index contributed by atoms with van der Waals surface area (Å²) in [7, 11) is 0. The summed E-state index contributed by atoms with van der Waals surface area (Å²) in [5.74, 6) is 0.899. The molecule has 5 heteroatoms. The number of hydrogen-bond donors (Lipinski definition) is 1. The summed E-state index contributed by atoms with van der Waals surface area (Å²) < 4.78 is 0. The number of hydrogen-bond acceptors (Lipinski definition) is 2. The molecular formula is C18H16ClN3O. The zero-order valence-corrected chi connectivity index (χ0v) is 13.3. The smallest absolute Gasteiger partial charge is 0.254 e. The normalized spacial score (nSPS) is 17.8. The van der Waals surface area contributed by atoms with Gasteiger partial charge in [-0.3, -0.25) is 4.79 Å². The molecule has 0 saturated carbocycles. The maximum Gasteiger partial charge on any atom is 0.254 e. The zero-order valence-electron chi connectivity index (χ0n) is 12.5. The van der Waals surface area contributed by atoms with E-state index in [4.69, 9.17) is 11.6 Å². The van der Waals surface area contributed by atoms with Crippen LogP contribution in [0.2, 0.25) is 5.02 Å². The number of aromatic amines is 1. The van der Waals surface area contributed by atoms with Gasteiger partial charge in [0.1, 0.15) is 5.82 Å². The van der Waals surface area contributed by atoms with Crippen LogP contribution in [-0.4, -0.2) is 27.3 Å². The summed E-state index contributed by atoms with van der Waals surface area (Å²) in [4.78, 5) is 22.7. The SMILES string of the molecule is O=C(c1ccc(Cl)cc1)N1CCCC1c1nc2ccccc2[nH]1. The Bertz CT molecular complexity index is 823. The van der Waals surface area contributed by atoms with Gasteiger partial charge in [-0.25, -0.2) is 4.98 Å². The van der Waals surface area contributed by atoms with Gasteiger partial charge in [0.05, 0.1) is 17.1 Å². The van der Waals surface area contributed by atoms with E-state index in [2.05, 4.69) is 9.97 Å². The number of rotatable bonds is 2. The number of imidazole rings is 1. The van der Waals surface area contributed by atoms with Crippen LogP contribution in [0.25, 0.3) is 11.0 Å². The second-order valence-electron chi connectivity index (χ2n) is 5.80. The fourth-order valence-electron chi connectivity index (χ4n) is 3.18. The van der Waals surface area contributed by atoms with E-state index in [1.807, 2.05) is 29.2 Å². The monoisotopic (exact) mass is 325 g/mol. The molecule has 0 radical (unpaired) electrons. The minimum atomic E-state index is 0.00516. The van der Waals surface area contributed by atoms with E-state index in [0.717, 1.165) is 36.2 Å². The van der Waals surface area contributed by atoms with Crippen molar-refractivity contribution in [3.8, 4) is 0 Å². The van der Waals surface area contributed by atoms with Crippen LogP contribution in [0.1, 0.15) is 35.1 Å². The van der Waals surface area contributed by atoms with Crippen molar-refractivity contribution in [2.45, 2.75) is 18.9 Å². The molecule has 4 rings (SSSR count). The highest BCUT2D eigenvalue weighted by Gasteiger charge is 2.32. The zero-order chi connectivity index (χ0) is 15.8. The topological polar surface area (TPSA) is 49.0 Å². The molecule has 1 aliphatic rings. The van der Waals surface area contributed by atoms with Gasteiger partial charge in [0, 0.05) is 17.1 Å². The van der Waals surface area contributed by atoms with E-state index >= 15 is 0 Å². The second kappa shape index (κ2) is 5.70. The maximum atomic E-state index is 12.8. The lowest BCUT2D eigenvalue weighted by Gasteiger charge is -2.23. The fraction of sp³-hybridized carbons (Fsp3) is 0.222. The highest BCUT2D eigenvalue weighted by Crippen LogP contribution is 2.32. The van der Waals surface area contributed by atoms with Crippen molar-refractivity contribution in [3.05, 3.63) is 64.9 Å². The van der Waals surface area contributed by atoms with Gasteiger partial charge >= 0.3 is 0 Å². The molecule has 1 amide bonds. The number of aromatic nitrogens is 2. The predicted octanol–water partition coefficient (Wildman–Crippen LogP) is 4.19. The highest BCUT2D eigenvalue weighted by molar-refractivity contribution is 6.30. The van der Waals surface area contributed by atoms with Gasteiger partial charge in [0.2, 0.25) is 0 Å². The average Bonchev–Trinajstić information content (AvgIpc) is 3.21. The summed E-state index contributed by atoms with van der Waals surface area (Å²) >= 11 is 5.91. The third kappa shape index (κ3) is 2.59. The Balaban J connectivity index is 1.65. The summed E-state index contributed by atoms with van der Waals surface area (Å²) in [6, 6.07) is 15.0. The Kier molecular flexibility index (Phi) is 3.54. The first-order valence-electron chi connectivity index (χ1n) is 7.73. The Labute approximate surface area is 139 Å². The number of likely N-dealkylation sites (tertiary alicyclic amines) is 1. The minimum Gasteiger partial charge on any atom is -0.340 e. The van der Waals surface area contributed by atoms with Crippen molar-refractivity contribution in [1.82, 2.24) is 14.9 Å². The van der Waals surface area contributed by atoms with Crippen LogP contribution < -0.4 is 0 Å². The molecule has 1 aliphatic heterocycles. The molecule has 0 bridgehead atoms. The molecule has 0 spiro atoms. The molecular weight excluding hydrogens is 310 g/mol. The molecule has 2 heterocycles. The van der Waals surface area contributed by atoms with E-state index in [-0.39, 0.29) is 11.9 Å². The summed E-state index contributed by atoms with van der Waals surface area (Å²) in [5, 5.41) is 0.636. The average molecular weight is 326 g/mol. The molecule has 116 valence electrons. The van der Waals surface area contributed by atoms with Gasteiger partial charge in [-0.2, -0.15) is 0 Å². The van der Waals surface area contributed by atoms with E-state index in [9.17, 15) is 4.79 Å². The van der Waals surface area contributed by atoms with Crippen LogP contribution in [-0.2, 0) is 0 Å². The van der Waals surface area contributed by atoms with E-state index in [1.165, 1.54) is 0 Å². The van der Waals surface area contributed by atoms with Gasteiger partial charge in [-0.15, -0.1) is 0 Å². The number of carbonyl (C=O) groups is 1. The number of nitrogens with zero attached hydrogens (tertiary/aromatic N) is 2. The molecule has 1 unspecified atom stereocenters. The summed E-state index contributed by atoms with van der Waals surface area (Å²) in [6.45, 7) is 0.753. The van der Waals surface area contributed by atoms with Crippen LogP contribution in [0.3, 0.4) is 0 Å². The number of fused-ring (bicyclic) bond motifs is 1. The Morgan fingerprint density at radius 1 is 1.17 bits per heavy atom. The molecule has 3 aromatic rings. The van der Waals surface area contributed by atoms with E-state index in [0.29, 0.717) is 10.6 Å². The van der Waals surface area contributed by atoms with Gasteiger partial charge in [0.15, 0.2) is 0 Å². The lowest BCUT2D eigenvalue weighted by Crippen LogP contribution is -2.31. The lowest BCUT2D eigenvalue weighted by atomic mass is 10.1. The number of para-hydroxylation sites is 2. The van der Waals surface area contributed by atoms with Crippen LogP contribution in [0.4, 0.5) is 0 Å². The number of nitrogens with one attached hydrogen (secondary N) is 1. The van der Waals surface area contributed by atoms with E-state index < -0.39 is 0 Å². The molecule has 1 aromatic heterocycles. The number of halogens is 1. The Morgan fingerprint density at radius 3 is 2.74 bits per heavy atom. The molecule has 1 atom stereocenters. The second-order valence-corrected chi connectivity index (χ2v) is 6.24. The largest absolute Gasteiger partial charge is 0.340 e. The van der Waals surface area contributed by atoms with Gasteiger partial charge < -0.3 is 9.88 Å². The third-order valence-corrected chi connectivity index (χ3v) is 4.58. The third-order valence-electron chi connectivity index (χ3n) is 4.33. The van der Waals surface area contributed by atoms with Crippen LogP contribution in [0, 0.1) is 0 Å². The summed E-state index contributed by atoms with van der Waals surface area (Å²) in [6.07, 6.45) is 1.92. The van der Waals surface area contributed by atoms with Crippen molar-refractivity contribution in [3.63, 3.8) is 0 Å². The first-order valence-corrected chi connectivity index (χ1v) is 8.11. The number of amides is 1. The molecule has 1 N–H and O–H groups in total. The Hall–Kier alpha value is -2.33. The molecule has 0 aliphatic carbocycles. The number of H-pyrrole nitrogens is 1. The van der Waals surface area contributed by atoms with Crippen molar-refractivity contribution in [1.29, 1.82) is 0 Å². The quantitative estimate of drug-likeness (QED) is 0.768. The Morgan fingerprint density at radius 2 is 1.96 bits per heavy atom. The van der Waals surface area contributed by atoms with Crippen molar-refractivity contribution < 1.29 is 4.79 Å². The molecule has 2 aromatic carbocycles. The maximum absolute atomic E-state index is 12.8. The van der Waals surface area contributed by atoms with Crippen molar-refractivity contribution in [2.75, 3.05) is 6.54 Å².